The van der Waals surface area contributed by atoms with Crippen molar-refractivity contribution in [1.82, 2.24) is 24.8 Å². The first kappa shape index (κ1) is 26.5. The van der Waals surface area contributed by atoms with Gasteiger partial charge in [-0.2, -0.15) is 9.61 Å². The monoisotopic (exact) mass is 549 g/mol. The lowest BCUT2D eigenvalue weighted by atomic mass is 9.92. The first-order chi connectivity index (χ1) is 19.2. The summed E-state index contributed by atoms with van der Waals surface area (Å²) >= 11 is 0. The van der Waals surface area contributed by atoms with Crippen molar-refractivity contribution in [2.75, 3.05) is 49.6 Å². The molecule has 1 unspecified atom stereocenters. The smallest absolute Gasteiger partial charge is 0.270 e. The number of alkyl halides is 2. The Morgan fingerprint density at radius 2 is 1.88 bits per heavy atom. The summed E-state index contributed by atoms with van der Waals surface area (Å²) in [6, 6.07) is 8.85. The molecule has 2 aromatic heterocycles. The summed E-state index contributed by atoms with van der Waals surface area (Å²) in [4.78, 5) is 24.3. The molecule has 1 amide bonds. The molecule has 3 aromatic rings. The average Bonchev–Trinajstić information content (AvgIpc) is 3.33. The lowest BCUT2D eigenvalue weighted by molar-refractivity contribution is -0.121. The minimum Gasteiger partial charge on any atom is -0.363 e. The SMILES string of the molecule is C=C1c2cc(C(C)(F)F)ccc2CCC(=O)NCCN(C)c2cc(N3CCC3)nc3cc(nn23)C2CCCCN12. The van der Waals surface area contributed by atoms with Crippen molar-refractivity contribution < 1.29 is 13.6 Å². The maximum atomic E-state index is 14.4. The molecule has 3 aliphatic heterocycles. The molecule has 6 rings (SSSR count). The molecule has 0 aliphatic carbocycles. The fourth-order valence-electron chi connectivity index (χ4n) is 5.97. The molecule has 10 heteroatoms. The Kier molecular flexibility index (Phi) is 6.88. The maximum absolute atomic E-state index is 14.4. The summed E-state index contributed by atoms with van der Waals surface area (Å²) < 4.78 is 30.7. The Bertz CT molecular complexity index is 1440. The van der Waals surface area contributed by atoms with E-state index < -0.39 is 5.92 Å². The Labute approximate surface area is 233 Å². The molecule has 40 heavy (non-hydrogen) atoms. The highest BCUT2D eigenvalue weighted by molar-refractivity contribution is 5.77. The molecule has 1 N–H and O–H groups in total. The normalized spacial score (nSPS) is 20.8. The number of halogens is 2. The van der Waals surface area contributed by atoms with Crippen LogP contribution in [0, 0.1) is 0 Å². The van der Waals surface area contributed by atoms with Crippen LogP contribution in [-0.4, -0.2) is 65.2 Å². The van der Waals surface area contributed by atoms with Crippen LogP contribution in [-0.2, 0) is 17.1 Å². The number of carbonyl (C=O) groups excluding carboxylic acids is 1. The van der Waals surface area contributed by atoms with Gasteiger partial charge in [-0.3, -0.25) is 4.79 Å². The molecule has 2 saturated heterocycles. The van der Waals surface area contributed by atoms with Crippen molar-refractivity contribution in [3.8, 4) is 0 Å². The predicted molar refractivity (Wildman–Crippen MR) is 153 cm³/mol. The molecule has 3 aliphatic rings. The third kappa shape index (κ3) is 4.99. The first-order valence-corrected chi connectivity index (χ1v) is 14.3. The van der Waals surface area contributed by atoms with Crippen molar-refractivity contribution >= 4 is 28.9 Å². The van der Waals surface area contributed by atoms with Gasteiger partial charge >= 0.3 is 0 Å². The van der Waals surface area contributed by atoms with Crippen molar-refractivity contribution in [3.63, 3.8) is 0 Å². The van der Waals surface area contributed by atoms with Crippen LogP contribution in [0.15, 0.2) is 36.9 Å². The van der Waals surface area contributed by atoms with E-state index in [0.717, 1.165) is 80.8 Å². The van der Waals surface area contributed by atoms with E-state index in [0.29, 0.717) is 30.8 Å². The summed E-state index contributed by atoms with van der Waals surface area (Å²) in [6.45, 7) is 9.16. The highest BCUT2D eigenvalue weighted by Crippen LogP contribution is 2.39. The van der Waals surface area contributed by atoms with E-state index in [4.69, 9.17) is 10.1 Å². The quantitative estimate of drug-likeness (QED) is 0.498. The summed E-state index contributed by atoms with van der Waals surface area (Å²) in [5, 5.41) is 8.09. The van der Waals surface area contributed by atoms with E-state index in [1.54, 1.807) is 12.1 Å². The number of piperidine rings is 1. The Morgan fingerprint density at radius 3 is 2.62 bits per heavy atom. The highest BCUT2D eigenvalue weighted by atomic mass is 19.3. The van der Waals surface area contributed by atoms with E-state index in [2.05, 4.69) is 38.7 Å². The van der Waals surface area contributed by atoms with Crippen molar-refractivity contribution in [2.45, 2.75) is 57.4 Å². The molecule has 5 heterocycles. The van der Waals surface area contributed by atoms with Crippen molar-refractivity contribution in [1.29, 1.82) is 0 Å². The lowest BCUT2D eigenvalue weighted by Gasteiger charge is -2.38. The fraction of sp³-hybridized carbons (Fsp3) is 0.500. The fourth-order valence-corrected chi connectivity index (χ4v) is 5.97. The standard InChI is InChI=1S/C30H37F2N7O/c1-20-23-17-22(30(2,31)32)10-8-21(23)9-11-28(40)33-12-16-36(3)29-19-26(37-13-6-14-37)34-27-18-24(35-39(27)29)25-7-4-5-15-38(20)25/h8,10,17-19,25H,1,4-7,9,11-16H2,2-3H3,(H,33,40). The number of rotatable bonds is 2. The maximum Gasteiger partial charge on any atom is 0.270 e. The molecule has 0 spiro atoms. The van der Waals surface area contributed by atoms with Crippen LogP contribution in [0.3, 0.4) is 0 Å². The molecular weight excluding hydrogens is 512 g/mol. The van der Waals surface area contributed by atoms with E-state index >= 15 is 0 Å². The van der Waals surface area contributed by atoms with Gasteiger partial charge in [-0.05, 0) is 43.7 Å². The average molecular weight is 550 g/mol. The minimum absolute atomic E-state index is 0.0524. The number of hydrogen-bond acceptors (Lipinski definition) is 6. The zero-order chi connectivity index (χ0) is 28.0. The van der Waals surface area contributed by atoms with E-state index in [1.165, 1.54) is 6.07 Å². The van der Waals surface area contributed by atoms with Gasteiger partial charge in [0.25, 0.3) is 5.92 Å². The molecule has 0 radical (unpaired) electrons. The Hall–Kier alpha value is -3.69. The first-order valence-electron chi connectivity index (χ1n) is 14.3. The molecule has 2 fully saturated rings. The van der Waals surface area contributed by atoms with Crippen LogP contribution in [0.5, 0.6) is 0 Å². The number of benzene rings is 1. The van der Waals surface area contributed by atoms with Crippen LogP contribution in [0.2, 0.25) is 0 Å². The molecule has 8 nitrogen and oxygen atoms in total. The number of hydrogen-bond donors (Lipinski definition) is 1. The molecule has 0 saturated carbocycles. The summed E-state index contributed by atoms with van der Waals surface area (Å²) in [7, 11) is 2.01. The number of fused-ring (bicyclic) bond motifs is 4. The summed E-state index contributed by atoms with van der Waals surface area (Å²) in [5.41, 5.74) is 3.85. The van der Waals surface area contributed by atoms with Gasteiger partial charge in [-0.25, -0.2) is 13.8 Å². The van der Waals surface area contributed by atoms with Crippen LogP contribution in [0.4, 0.5) is 20.4 Å². The third-order valence-electron chi connectivity index (χ3n) is 8.49. The van der Waals surface area contributed by atoms with Gasteiger partial charge in [-0.15, -0.1) is 0 Å². The number of nitrogens with zero attached hydrogens (tertiary/aromatic N) is 6. The molecule has 1 atom stereocenters. The van der Waals surface area contributed by atoms with Gasteiger partial charge in [0.2, 0.25) is 5.91 Å². The number of aryl methyl sites for hydroxylation is 1. The van der Waals surface area contributed by atoms with Gasteiger partial charge in [0, 0.05) is 82.1 Å². The number of nitrogens with one attached hydrogen (secondary N) is 1. The number of anilines is 2. The molecule has 1 aromatic carbocycles. The zero-order valence-corrected chi connectivity index (χ0v) is 23.3. The minimum atomic E-state index is -2.98. The topological polar surface area (TPSA) is 69.0 Å². The summed E-state index contributed by atoms with van der Waals surface area (Å²) in [6.07, 6.45) is 4.78. The second-order valence-corrected chi connectivity index (χ2v) is 11.3. The van der Waals surface area contributed by atoms with Gasteiger partial charge in [0.05, 0.1) is 11.7 Å². The van der Waals surface area contributed by atoms with Gasteiger partial charge < -0.3 is 20.0 Å². The van der Waals surface area contributed by atoms with Crippen molar-refractivity contribution in [3.05, 3.63) is 59.3 Å². The largest absolute Gasteiger partial charge is 0.363 e. The number of likely N-dealkylation sites (N-methyl/N-ethyl adjacent to an activating group) is 1. The van der Waals surface area contributed by atoms with Gasteiger partial charge in [0.1, 0.15) is 11.6 Å². The Balaban J connectivity index is 1.47. The van der Waals surface area contributed by atoms with E-state index in [9.17, 15) is 13.6 Å². The third-order valence-corrected chi connectivity index (χ3v) is 8.49. The summed E-state index contributed by atoms with van der Waals surface area (Å²) in [5.74, 6) is -1.20. The predicted octanol–water partition coefficient (Wildman–Crippen LogP) is 4.75. The van der Waals surface area contributed by atoms with Gasteiger partial charge in [0.15, 0.2) is 5.65 Å². The molecule has 212 valence electrons. The van der Waals surface area contributed by atoms with Crippen molar-refractivity contribution in [2.24, 2.45) is 0 Å². The van der Waals surface area contributed by atoms with Crippen LogP contribution in [0.25, 0.3) is 11.3 Å². The number of amides is 1. The number of aromatic nitrogens is 3. The van der Waals surface area contributed by atoms with Gasteiger partial charge in [-0.1, -0.05) is 18.7 Å². The molecule has 2 bridgehead atoms. The zero-order valence-electron chi connectivity index (χ0n) is 23.3. The van der Waals surface area contributed by atoms with Crippen LogP contribution in [0.1, 0.15) is 67.5 Å². The highest BCUT2D eigenvalue weighted by Gasteiger charge is 2.32. The lowest BCUT2D eigenvalue weighted by Crippen LogP contribution is -2.38. The van der Waals surface area contributed by atoms with E-state index in [-0.39, 0.29) is 23.9 Å². The van der Waals surface area contributed by atoms with Crippen LogP contribution < -0.4 is 15.1 Å². The second kappa shape index (κ2) is 10.4. The number of carbonyl (C=O) groups is 1. The molecular formula is C30H37F2N7O. The Morgan fingerprint density at radius 1 is 1.05 bits per heavy atom. The second-order valence-electron chi connectivity index (χ2n) is 11.3. The van der Waals surface area contributed by atoms with E-state index in [1.807, 2.05) is 11.6 Å². The van der Waals surface area contributed by atoms with Crippen LogP contribution >= 0.6 is 0 Å².